The average molecular weight is 295 g/mol. The highest BCUT2D eigenvalue weighted by Crippen LogP contribution is 2.38. The molecular formula is C17H29NO3. The number of carbonyl (C=O) groups excluding carboxylic acids is 1. The Morgan fingerprint density at radius 3 is 2.24 bits per heavy atom. The van der Waals surface area contributed by atoms with Gasteiger partial charge in [-0.3, -0.25) is 9.59 Å². The maximum atomic E-state index is 12.2. The summed E-state index contributed by atoms with van der Waals surface area (Å²) in [5.74, 6) is -0.433. The minimum atomic E-state index is -0.757. The molecule has 2 aliphatic carbocycles. The zero-order valence-corrected chi connectivity index (χ0v) is 13.4. The molecule has 120 valence electrons. The van der Waals surface area contributed by atoms with E-state index in [1.165, 1.54) is 32.1 Å². The first-order valence-corrected chi connectivity index (χ1v) is 8.40. The number of carboxylic acids is 1. The summed E-state index contributed by atoms with van der Waals surface area (Å²) in [4.78, 5) is 23.2. The molecule has 0 aliphatic heterocycles. The molecular weight excluding hydrogens is 266 g/mol. The third kappa shape index (κ3) is 4.21. The number of rotatable bonds is 5. The highest BCUT2D eigenvalue weighted by Gasteiger charge is 2.35. The van der Waals surface area contributed by atoms with Gasteiger partial charge in [-0.25, -0.2) is 0 Å². The first kappa shape index (κ1) is 16.3. The van der Waals surface area contributed by atoms with Gasteiger partial charge < -0.3 is 10.4 Å². The normalized spacial score (nSPS) is 27.5. The van der Waals surface area contributed by atoms with E-state index in [9.17, 15) is 9.59 Å². The van der Waals surface area contributed by atoms with Crippen LogP contribution in [-0.4, -0.2) is 23.5 Å². The van der Waals surface area contributed by atoms with Crippen LogP contribution in [-0.2, 0) is 9.59 Å². The van der Waals surface area contributed by atoms with E-state index in [0.717, 1.165) is 0 Å². The lowest BCUT2D eigenvalue weighted by atomic mass is 9.71. The van der Waals surface area contributed by atoms with Gasteiger partial charge in [-0.05, 0) is 43.4 Å². The second-order valence-electron chi connectivity index (χ2n) is 7.59. The van der Waals surface area contributed by atoms with E-state index in [4.69, 9.17) is 5.11 Å². The quantitative estimate of drug-likeness (QED) is 0.818. The van der Waals surface area contributed by atoms with Gasteiger partial charge in [0.1, 0.15) is 0 Å². The Hall–Kier alpha value is -1.06. The van der Waals surface area contributed by atoms with Crippen LogP contribution < -0.4 is 5.32 Å². The highest BCUT2D eigenvalue weighted by molar-refractivity contribution is 5.80. The van der Waals surface area contributed by atoms with E-state index in [2.05, 4.69) is 19.2 Å². The summed E-state index contributed by atoms with van der Waals surface area (Å²) >= 11 is 0. The second kappa shape index (κ2) is 6.80. The van der Waals surface area contributed by atoms with Crippen LogP contribution in [0.25, 0.3) is 0 Å². The summed E-state index contributed by atoms with van der Waals surface area (Å²) in [7, 11) is 0. The molecule has 0 aromatic heterocycles. The van der Waals surface area contributed by atoms with Crippen molar-refractivity contribution in [3.8, 4) is 0 Å². The smallest absolute Gasteiger partial charge is 0.306 e. The van der Waals surface area contributed by atoms with E-state index >= 15 is 0 Å². The topological polar surface area (TPSA) is 66.4 Å². The Morgan fingerprint density at radius 1 is 1.05 bits per heavy atom. The molecule has 2 aliphatic rings. The van der Waals surface area contributed by atoms with Crippen LogP contribution in [0, 0.1) is 23.2 Å². The summed E-state index contributed by atoms with van der Waals surface area (Å²) in [6.07, 6.45) is 8.37. The Balaban J connectivity index is 1.79. The monoisotopic (exact) mass is 295 g/mol. The summed E-state index contributed by atoms with van der Waals surface area (Å²) in [6, 6.07) is 0. The molecule has 0 bridgehead atoms. The number of aliphatic carboxylic acids is 1. The van der Waals surface area contributed by atoms with Crippen molar-refractivity contribution in [2.24, 2.45) is 23.2 Å². The van der Waals surface area contributed by atoms with Gasteiger partial charge >= 0.3 is 5.97 Å². The average Bonchev–Trinajstić information content (AvgIpc) is 2.96. The van der Waals surface area contributed by atoms with Crippen LogP contribution in [0.4, 0.5) is 0 Å². The van der Waals surface area contributed by atoms with Crippen molar-refractivity contribution in [1.82, 2.24) is 5.32 Å². The number of hydrogen-bond acceptors (Lipinski definition) is 2. The molecule has 0 heterocycles. The first-order valence-electron chi connectivity index (χ1n) is 8.40. The maximum absolute atomic E-state index is 12.2. The molecule has 2 rings (SSSR count). The maximum Gasteiger partial charge on any atom is 0.306 e. The second-order valence-corrected chi connectivity index (χ2v) is 7.59. The Bertz CT molecular complexity index is 385. The predicted molar refractivity (Wildman–Crippen MR) is 81.8 cm³/mol. The molecule has 0 spiro atoms. The minimum absolute atomic E-state index is 0.0580. The summed E-state index contributed by atoms with van der Waals surface area (Å²) in [6.45, 7) is 5.21. The zero-order valence-electron chi connectivity index (χ0n) is 13.4. The van der Waals surface area contributed by atoms with Gasteiger partial charge in [-0.1, -0.05) is 33.1 Å². The van der Waals surface area contributed by atoms with Crippen LogP contribution in [0.15, 0.2) is 0 Å². The molecule has 0 aromatic carbocycles. The van der Waals surface area contributed by atoms with Gasteiger partial charge in [0.15, 0.2) is 0 Å². The van der Waals surface area contributed by atoms with Crippen molar-refractivity contribution in [2.45, 2.75) is 65.2 Å². The molecule has 4 heteroatoms. The van der Waals surface area contributed by atoms with Crippen LogP contribution in [0.3, 0.4) is 0 Å². The number of amides is 1. The van der Waals surface area contributed by atoms with Crippen LogP contribution in [0.5, 0.6) is 0 Å². The first-order chi connectivity index (χ1) is 9.90. The van der Waals surface area contributed by atoms with Crippen molar-refractivity contribution in [3.05, 3.63) is 0 Å². The fraction of sp³-hybridized carbons (Fsp3) is 0.882. The van der Waals surface area contributed by atoms with E-state index in [1.54, 1.807) is 0 Å². The number of carboxylic acid groups (broad SMARTS) is 1. The third-order valence-corrected chi connectivity index (χ3v) is 5.58. The van der Waals surface area contributed by atoms with Gasteiger partial charge in [0.25, 0.3) is 0 Å². The molecule has 0 aromatic rings. The Morgan fingerprint density at radius 2 is 1.67 bits per heavy atom. The standard InChI is InChI=1S/C17H29NO3/c1-17(2,14-6-4-3-5-7-14)11-18-15(19)12-8-9-13(10-12)16(20)21/h12-14H,3-11H2,1-2H3,(H,18,19)(H,20,21)/t12-,13+/m1/s1. The lowest BCUT2D eigenvalue weighted by Crippen LogP contribution is -2.41. The predicted octanol–water partition coefficient (Wildman–Crippen LogP) is 3.21. The largest absolute Gasteiger partial charge is 0.481 e. The van der Waals surface area contributed by atoms with Crippen molar-refractivity contribution in [1.29, 1.82) is 0 Å². The van der Waals surface area contributed by atoms with Gasteiger partial charge in [0.05, 0.1) is 5.92 Å². The van der Waals surface area contributed by atoms with Gasteiger partial charge in [0.2, 0.25) is 5.91 Å². The SMILES string of the molecule is CC(C)(CNC(=O)[C@@H]1CC[C@H](C(=O)O)C1)C1CCCCC1. The lowest BCUT2D eigenvalue weighted by Gasteiger charge is -2.37. The molecule has 4 nitrogen and oxygen atoms in total. The molecule has 2 N–H and O–H groups in total. The number of carbonyl (C=O) groups is 2. The lowest BCUT2D eigenvalue weighted by molar-refractivity contribution is -0.141. The highest BCUT2D eigenvalue weighted by atomic mass is 16.4. The molecule has 0 saturated heterocycles. The minimum Gasteiger partial charge on any atom is -0.481 e. The molecule has 2 saturated carbocycles. The van der Waals surface area contributed by atoms with Crippen LogP contribution in [0.2, 0.25) is 0 Å². The van der Waals surface area contributed by atoms with E-state index in [0.29, 0.717) is 31.7 Å². The fourth-order valence-electron chi connectivity index (χ4n) is 3.93. The number of nitrogens with one attached hydrogen (secondary N) is 1. The summed E-state index contributed by atoms with van der Waals surface area (Å²) < 4.78 is 0. The fourth-order valence-corrected chi connectivity index (χ4v) is 3.93. The van der Waals surface area contributed by atoms with Crippen LogP contribution >= 0.6 is 0 Å². The van der Waals surface area contributed by atoms with Crippen molar-refractivity contribution < 1.29 is 14.7 Å². The molecule has 21 heavy (non-hydrogen) atoms. The molecule has 2 fully saturated rings. The third-order valence-electron chi connectivity index (χ3n) is 5.58. The molecule has 0 unspecified atom stereocenters. The van der Waals surface area contributed by atoms with E-state index in [-0.39, 0.29) is 23.2 Å². The van der Waals surface area contributed by atoms with Crippen molar-refractivity contribution in [3.63, 3.8) is 0 Å². The Kier molecular flexibility index (Phi) is 5.28. The van der Waals surface area contributed by atoms with Crippen molar-refractivity contribution in [2.75, 3.05) is 6.54 Å². The van der Waals surface area contributed by atoms with E-state index < -0.39 is 5.97 Å². The van der Waals surface area contributed by atoms with Gasteiger partial charge in [-0.15, -0.1) is 0 Å². The van der Waals surface area contributed by atoms with Crippen LogP contribution in [0.1, 0.15) is 65.2 Å². The number of hydrogen-bond donors (Lipinski definition) is 2. The van der Waals surface area contributed by atoms with Gasteiger partial charge in [0, 0.05) is 12.5 Å². The Labute approximate surface area is 127 Å². The summed E-state index contributed by atoms with van der Waals surface area (Å²) in [5.41, 5.74) is 0.140. The van der Waals surface area contributed by atoms with E-state index in [1.807, 2.05) is 0 Å². The summed E-state index contributed by atoms with van der Waals surface area (Å²) in [5, 5.41) is 12.1. The molecule has 1 amide bonds. The van der Waals surface area contributed by atoms with Gasteiger partial charge in [-0.2, -0.15) is 0 Å². The molecule has 0 radical (unpaired) electrons. The van der Waals surface area contributed by atoms with Crippen molar-refractivity contribution >= 4 is 11.9 Å². The molecule has 2 atom stereocenters. The zero-order chi connectivity index (χ0) is 15.5.